The normalized spacial score (nSPS) is 9.86. The van der Waals surface area contributed by atoms with Crippen molar-refractivity contribution < 1.29 is 14.6 Å². The van der Waals surface area contributed by atoms with E-state index < -0.39 is 5.97 Å². The van der Waals surface area contributed by atoms with Crippen LogP contribution >= 0.6 is 11.6 Å². The second-order valence-electron chi connectivity index (χ2n) is 2.62. The van der Waals surface area contributed by atoms with E-state index in [4.69, 9.17) is 22.1 Å². The van der Waals surface area contributed by atoms with Crippen LogP contribution in [0.1, 0.15) is 17.3 Å². The van der Waals surface area contributed by atoms with E-state index in [1.165, 1.54) is 12.1 Å². The maximum atomic E-state index is 11.3. The maximum Gasteiger partial charge on any atom is 0.342 e. The summed E-state index contributed by atoms with van der Waals surface area (Å²) in [6.45, 7) is 1.90. The Morgan fingerprint density at radius 1 is 1.64 bits per heavy atom. The van der Waals surface area contributed by atoms with Gasteiger partial charge in [-0.2, -0.15) is 0 Å². The van der Waals surface area contributed by atoms with Crippen LogP contribution in [0.3, 0.4) is 0 Å². The van der Waals surface area contributed by atoms with Crippen LogP contribution in [0.2, 0.25) is 5.02 Å². The van der Waals surface area contributed by atoms with Crippen LogP contribution in [0, 0.1) is 0 Å². The number of carbonyl (C=O) groups excluding carboxylic acids is 1. The first-order chi connectivity index (χ1) is 6.56. The summed E-state index contributed by atoms with van der Waals surface area (Å²) < 4.78 is 4.71. The predicted molar refractivity (Wildman–Crippen MR) is 53.5 cm³/mol. The van der Waals surface area contributed by atoms with Gasteiger partial charge in [-0.05, 0) is 19.1 Å². The molecule has 0 bridgehead atoms. The molecule has 0 unspecified atom stereocenters. The highest BCUT2D eigenvalue weighted by atomic mass is 35.5. The van der Waals surface area contributed by atoms with E-state index in [0.29, 0.717) is 5.69 Å². The van der Waals surface area contributed by atoms with Crippen molar-refractivity contribution in [1.82, 2.24) is 0 Å². The summed E-state index contributed by atoms with van der Waals surface area (Å²) in [6.07, 6.45) is 0. The maximum absolute atomic E-state index is 11.3. The minimum absolute atomic E-state index is 0.0168. The standard InChI is InChI=1S/C9H10ClNO3/c1-2-14-9(13)6-3-5(11)4-7(10)8(6)12/h3-4,12H,2,11H2,1H3. The Morgan fingerprint density at radius 2 is 2.29 bits per heavy atom. The SMILES string of the molecule is CCOC(=O)c1cc(N)cc(Cl)c1O. The van der Waals surface area contributed by atoms with Crippen molar-refractivity contribution in [2.75, 3.05) is 12.3 Å². The Hall–Kier alpha value is -1.42. The van der Waals surface area contributed by atoms with Crippen molar-refractivity contribution in [3.8, 4) is 5.75 Å². The Balaban J connectivity index is 3.13. The monoisotopic (exact) mass is 215 g/mol. The first-order valence-electron chi connectivity index (χ1n) is 4.01. The molecular weight excluding hydrogens is 206 g/mol. The minimum atomic E-state index is -0.640. The number of rotatable bonds is 2. The Morgan fingerprint density at radius 3 is 2.86 bits per heavy atom. The molecule has 4 nitrogen and oxygen atoms in total. The van der Waals surface area contributed by atoms with Gasteiger partial charge in [0, 0.05) is 5.69 Å². The molecule has 0 amide bonds. The number of phenols is 1. The van der Waals surface area contributed by atoms with Crippen molar-refractivity contribution in [2.24, 2.45) is 0 Å². The summed E-state index contributed by atoms with van der Waals surface area (Å²) in [4.78, 5) is 11.3. The lowest BCUT2D eigenvalue weighted by Gasteiger charge is -2.06. The summed E-state index contributed by atoms with van der Waals surface area (Å²) in [6, 6.07) is 2.68. The van der Waals surface area contributed by atoms with E-state index in [9.17, 15) is 9.90 Å². The molecular formula is C9H10ClNO3. The second kappa shape index (κ2) is 4.19. The molecule has 0 aliphatic heterocycles. The smallest absolute Gasteiger partial charge is 0.342 e. The van der Waals surface area contributed by atoms with Crippen molar-refractivity contribution in [1.29, 1.82) is 0 Å². The van der Waals surface area contributed by atoms with Gasteiger partial charge in [-0.3, -0.25) is 0 Å². The molecule has 0 aliphatic carbocycles. The van der Waals surface area contributed by atoms with Crippen LogP contribution in [0.25, 0.3) is 0 Å². The van der Waals surface area contributed by atoms with Crippen LogP contribution in [-0.4, -0.2) is 17.7 Å². The number of benzene rings is 1. The summed E-state index contributed by atoms with van der Waals surface area (Å²) in [7, 11) is 0. The number of aromatic hydroxyl groups is 1. The third-order valence-electron chi connectivity index (χ3n) is 1.58. The van der Waals surface area contributed by atoms with E-state index in [0.717, 1.165) is 0 Å². The molecule has 14 heavy (non-hydrogen) atoms. The number of halogens is 1. The van der Waals surface area contributed by atoms with Gasteiger partial charge in [0.2, 0.25) is 0 Å². The van der Waals surface area contributed by atoms with Gasteiger partial charge in [0.1, 0.15) is 11.3 Å². The molecule has 0 saturated carbocycles. The number of anilines is 1. The molecule has 1 aromatic rings. The van der Waals surface area contributed by atoms with Gasteiger partial charge in [-0.15, -0.1) is 0 Å². The molecule has 0 radical (unpaired) electrons. The highest BCUT2D eigenvalue weighted by Crippen LogP contribution is 2.30. The first-order valence-corrected chi connectivity index (χ1v) is 4.39. The number of nitrogens with two attached hydrogens (primary N) is 1. The average molecular weight is 216 g/mol. The third kappa shape index (κ3) is 2.09. The Bertz CT molecular complexity index is 365. The van der Waals surface area contributed by atoms with Crippen molar-refractivity contribution in [3.63, 3.8) is 0 Å². The number of phenolic OH excluding ortho intramolecular Hbond substituents is 1. The van der Waals surface area contributed by atoms with Crippen LogP contribution < -0.4 is 5.73 Å². The highest BCUT2D eigenvalue weighted by Gasteiger charge is 2.15. The van der Waals surface area contributed by atoms with E-state index >= 15 is 0 Å². The first kappa shape index (κ1) is 10.7. The van der Waals surface area contributed by atoms with Gasteiger partial charge in [0.15, 0.2) is 0 Å². The van der Waals surface area contributed by atoms with E-state index in [2.05, 4.69) is 0 Å². The van der Waals surface area contributed by atoms with Gasteiger partial charge >= 0.3 is 5.97 Å². The number of hydrogen-bond acceptors (Lipinski definition) is 4. The molecule has 1 aromatic carbocycles. The van der Waals surface area contributed by atoms with E-state index in [-0.39, 0.29) is 22.9 Å². The van der Waals surface area contributed by atoms with Crippen molar-refractivity contribution in [3.05, 3.63) is 22.7 Å². The number of nitrogen functional groups attached to an aromatic ring is 1. The highest BCUT2D eigenvalue weighted by molar-refractivity contribution is 6.32. The molecule has 0 aromatic heterocycles. The summed E-state index contributed by atoms with van der Waals surface area (Å²) in [5.41, 5.74) is 5.74. The molecule has 0 aliphatic rings. The molecule has 3 N–H and O–H groups in total. The fraction of sp³-hybridized carbons (Fsp3) is 0.222. The Kier molecular flexibility index (Phi) is 3.19. The predicted octanol–water partition coefficient (Wildman–Crippen LogP) is 1.80. The van der Waals surface area contributed by atoms with Crippen molar-refractivity contribution >= 4 is 23.3 Å². The summed E-state index contributed by atoms with van der Waals surface area (Å²) in [5.74, 6) is -0.946. The quantitative estimate of drug-likeness (QED) is 0.448. The van der Waals surface area contributed by atoms with Crippen LogP contribution in [0.4, 0.5) is 5.69 Å². The Labute approximate surface area is 86.2 Å². The lowest BCUT2D eigenvalue weighted by atomic mass is 10.2. The van der Waals surface area contributed by atoms with E-state index in [1.54, 1.807) is 6.92 Å². The fourth-order valence-corrected chi connectivity index (χ4v) is 1.21. The number of esters is 1. The molecule has 0 atom stereocenters. The van der Waals surface area contributed by atoms with Gasteiger partial charge in [-0.1, -0.05) is 11.6 Å². The van der Waals surface area contributed by atoms with Gasteiger partial charge in [0.05, 0.1) is 11.6 Å². The van der Waals surface area contributed by atoms with Crippen LogP contribution in [-0.2, 0) is 4.74 Å². The molecule has 0 fully saturated rings. The zero-order chi connectivity index (χ0) is 10.7. The zero-order valence-electron chi connectivity index (χ0n) is 7.58. The number of hydrogen-bond donors (Lipinski definition) is 2. The van der Waals surface area contributed by atoms with Crippen LogP contribution in [0.15, 0.2) is 12.1 Å². The largest absolute Gasteiger partial charge is 0.505 e. The fourth-order valence-electron chi connectivity index (χ4n) is 0.984. The average Bonchev–Trinajstić information content (AvgIpc) is 2.11. The van der Waals surface area contributed by atoms with Crippen molar-refractivity contribution in [2.45, 2.75) is 6.92 Å². The second-order valence-corrected chi connectivity index (χ2v) is 3.03. The van der Waals surface area contributed by atoms with E-state index in [1.807, 2.05) is 0 Å². The molecule has 1 rings (SSSR count). The van der Waals surface area contributed by atoms with Gasteiger partial charge in [0.25, 0.3) is 0 Å². The number of ether oxygens (including phenoxy) is 1. The topological polar surface area (TPSA) is 72.5 Å². The lowest BCUT2D eigenvalue weighted by Crippen LogP contribution is -2.05. The molecule has 0 heterocycles. The molecule has 5 heteroatoms. The minimum Gasteiger partial charge on any atom is -0.505 e. The van der Waals surface area contributed by atoms with Gasteiger partial charge in [-0.25, -0.2) is 4.79 Å². The summed E-state index contributed by atoms with van der Waals surface area (Å²) in [5, 5.41) is 9.47. The number of carbonyl (C=O) groups is 1. The van der Waals surface area contributed by atoms with Crippen LogP contribution in [0.5, 0.6) is 5.75 Å². The summed E-state index contributed by atoms with van der Waals surface area (Å²) >= 11 is 5.63. The molecule has 0 spiro atoms. The zero-order valence-corrected chi connectivity index (χ0v) is 8.34. The molecule has 0 saturated heterocycles. The third-order valence-corrected chi connectivity index (χ3v) is 1.87. The lowest BCUT2D eigenvalue weighted by molar-refractivity contribution is 0.0523. The molecule has 76 valence electrons. The van der Waals surface area contributed by atoms with Gasteiger partial charge < -0.3 is 15.6 Å².